The van der Waals surface area contributed by atoms with E-state index in [2.05, 4.69) is 51.8 Å². The van der Waals surface area contributed by atoms with Gasteiger partial charge in [0.2, 0.25) is 14.2 Å². The van der Waals surface area contributed by atoms with Crippen molar-refractivity contribution in [3.63, 3.8) is 0 Å². The van der Waals surface area contributed by atoms with E-state index in [1.54, 1.807) is 24.3 Å². The molecule has 2 fully saturated rings. The Morgan fingerprint density at radius 3 is 1.90 bits per heavy atom. The fraction of sp³-hybridized carbons (Fsp3) is 0.562. The minimum atomic E-state index is -1.99. The Morgan fingerprint density at radius 2 is 1.46 bits per heavy atom. The summed E-state index contributed by atoms with van der Waals surface area (Å²) in [4.78, 5) is 26.7. The van der Waals surface area contributed by atoms with Crippen LogP contribution in [0.3, 0.4) is 0 Å². The van der Waals surface area contributed by atoms with E-state index in [1.165, 1.54) is 0 Å². The van der Waals surface area contributed by atoms with Crippen LogP contribution in [-0.2, 0) is 9.22 Å². The third kappa shape index (κ3) is 6.54. The number of likely N-dealkylation sites (tertiary alicyclic amines) is 1. The molecule has 224 valence electrons. The van der Waals surface area contributed by atoms with Crippen molar-refractivity contribution in [1.29, 1.82) is 0 Å². The van der Waals surface area contributed by atoms with Crippen LogP contribution in [0.4, 0.5) is 0 Å². The Hall–Kier alpha value is -1.90. The SMILES string of the molecule is CC(C)[Si](OC1CCN(C(c2c(Cl)cc(-c3ccc(C(=O)O)cc3)cc2Cl)C2CCNC2=O)CC1)(C(C)C)C(C)C. The van der Waals surface area contributed by atoms with Gasteiger partial charge in [0.25, 0.3) is 0 Å². The van der Waals surface area contributed by atoms with Gasteiger partial charge in [0.1, 0.15) is 0 Å². The highest BCUT2D eigenvalue weighted by molar-refractivity contribution is 6.77. The van der Waals surface area contributed by atoms with E-state index in [0.717, 1.165) is 49.0 Å². The minimum Gasteiger partial charge on any atom is -0.478 e. The van der Waals surface area contributed by atoms with Gasteiger partial charge in [-0.3, -0.25) is 9.69 Å². The number of carbonyl (C=O) groups excluding carboxylic acids is 1. The molecule has 2 aromatic carbocycles. The van der Waals surface area contributed by atoms with Gasteiger partial charge in [-0.05, 0) is 71.3 Å². The van der Waals surface area contributed by atoms with Crippen LogP contribution < -0.4 is 5.32 Å². The fourth-order valence-electron chi connectivity index (χ4n) is 7.36. The summed E-state index contributed by atoms with van der Waals surface area (Å²) in [5.74, 6) is -1.17. The van der Waals surface area contributed by atoms with E-state index < -0.39 is 14.3 Å². The number of hydrogen-bond acceptors (Lipinski definition) is 4. The first-order chi connectivity index (χ1) is 19.4. The van der Waals surface area contributed by atoms with Gasteiger partial charge in [-0.25, -0.2) is 4.79 Å². The second kappa shape index (κ2) is 13.2. The predicted octanol–water partition coefficient (Wildman–Crippen LogP) is 8.19. The van der Waals surface area contributed by atoms with Crippen LogP contribution in [0.5, 0.6) is 0 Å². The van der Waals surface area contributed by atoms with E-state index in [1.807, 2.05) is 12.1 Å². The van der Waals surface area contributed by atoms with Crippen LogP contribution in [0.1, 0.15) is 82.8 Å². The summed E-state index contributed by atoms with van der Waals surface area (Å²) in [6.07, 6.45) is 2.77. The van der Waals surface area contributed by atoms with Gasteiger partial charge in [0.15, 0.2) is 0 Å². The van der Waals surface area contributed by atoms with Crippen molar-refractivity contribution in [2.24, 2.45) is 5.92 Å². The maximum Gasteiger partial charge on any atom is 0.335 e. The molecule has 0 aromatic heterocycles. The lowest BCUT2D eigenvalue weighted by Gasteiger charge is -2.47. The zero-order chi connectivity index (χ0) is 30.1. The number of carboxylic acids is 1. The van der Waals surface area contributed by atoms with Crippen LogP contribution in [0, 0.1) is 5.92 Å². The number of rotatable bonds is 10. The molecule has 2 heterocycles. The molecule has 9 heteroatoms. The predicted molar refractivity (Wildman–Crippen MR) is 169 cm³/mol. The van der Waals surface area contributed by atoms with Crippen LogP contribution in [0.2, 0.25) is 26.7 Å². The van der Waals surface area contributed by atoms with Crippen LogP contribution in [-0.4, -0.2) is 55.9 Å². The quantitative estimate of drug-likeness (QED) is 0.262. The zero-order valence-electron chi connectivity index (χ0n) is 25.0. The molecule has 0 radical (unpaired) electrons. The van der Waals surface area contributed by atoms with Gasteiger partial charge in [-0.1, -0.05) is 76.9 Å². The molecule has 0 spiro atoms. The number of benzene rings is 2. The number of halogens is 2. The van der Waals surface area contributed by atoms with E-state index in [-0.39, 0.29) is 29.5 Å². The van der Waals surface area contributed by atoms with E-state index in [9.17, 15) is 14.7 Å². The second-order valence-electron chi connectivity index (χ2n) is 12.5. The normalized spacial score (nSPS) is 19.8. The molecule has 1 amide bonds. The number of amides is 1. The van der Waals surface area contributed by atoms with Crippen molar-refractivity contribution in [2.75, 3.05) is 19.6 Å². The Balaban J connectivity index is 1.61. The summed E-state index contributed by atoms with van der Waals surface area (Å²) in [7, 11) is -1.99. The highest BCUT2D eigenvalue weighted by Crippen LogP contribution is 2.46. The largest absolute Gasteiger partial charge is 0.478 e. The first-order valence-electron chi connectivity index (χ1n) is 14.9. The second-order valence-corrected chi connectivity index (χ2v) is 18.8. The highest BCUT2D eigenvalue weighted by Gasteiger charge is 2.47. The van der Waals surface area contributed by atoms with E-state index in [4.69, 9.17) is 27.6 Å². The number of nitrogens with zero attached hydrogens (tertiary/aromatic N) is 1. The number of aromatic carboxylic acids is 1. The van der Waals surface area contributed by atoms with Gasteiger partial charge in [-0.15, -0.1) is 0 Å². The van der Waals surface area contributed by atoms with Crippen molar-refractivity contribution in [3.05, 3.63) is 57.6 Å². The summed E-state index contributed by atoms with van der Waals surface area (Å²) in [5.41, 5.74) is 4.24. The maximum absolute atomic E-state index is 13.0. The standard InChI is InChI=1S/C32H44Cl2N2O4Si/c1-19(2)41(20(3)4,21(5)6)40-25-12-15-36(16-13-25)30(26-11-14-35-31(26)37)29-27(33)17-24(18-28(29)34)22-7-9-23(10-8-22)32(38)39/h7-10,17-21,25-26,30H,11-16H2,1-6H3,(H,35,37)(H,38,39). The fourth-order valence-corrected chi connectivity index (χ4v) is 13.7. The molecule has 2 unspecified atom stereocenters. The average molecular weight is 620 g/mol. The van der Waals surface area contributed by atoms with Crippen molar-refractivity contribution < 1.29 is 19.1 Å². The molecule has 2 aliphatic rings. The molecule has 0 aliphatic carbocycles. The lowest BCUT2D eigenvalue weighted by molar-refractivity contribution is -0.124. The molecular weight excluding hydrogens is 575 g/mol. The molecule has 0 saturated carbocycles. The van der Waals surface area contributed by atoms with E-state index in [0.29, 0.717) is 33.2 Å². The molecule has 6 nitrogen and oxygen atoms in total. The van der Waals surface area contributed by atoms with Crippen LogP contribution in [0.15, 0.2) is 36.4 Å². The summed E-state index contributed by atoms with van der Waals surface area (Å²) in [6, 6.07) is 10.2. The number of piperidine rings is 1. The van der Waals surface area contributed by atoms with Crippen molar-refractivity contribution >= 4 is 43.4 Å². The minimum absolute atomic E-state index is 0.0414. The van der Waals surface area contributed by atoms with Crippen LogP contribution >= 0.6 is 23.2 Å². The molecular formula is C32H44Cl2N2O4Si. The lowest BCUT2D eigenvalue weighted by atomic mass is 9.87. The molecule has 4 rings (SSSR count). The average Bonchev–Trinajstić information content (AvgIpc) is 3.34. The first-order valence-corrected chi connectivity index (χ1v) is 17.8. The number of carbonyl (C=O) groups is 2. The van der Waals surface area contributed by atoms with Gasteiger partial charge < -0.3 is 14.8 Å². The number of hydrogen-bond donors (Lipinski definition) is 2. The molecule has 2 atom stereocenters. The van der Waals surface area contributed by atoms with Gasteiger partial charge in [-0.2, -0.15) is 0 Å². The molecule has 2 aliphatic heterocycles. The highest BCUT2D eigenvalue weighted by atomic mass is 35.5. The summed E-state index contributed by atoms with van der Waals surface area (Å²) in [6.45, 7) is 16.2. The maximum atomic E-state index is 13.0. The van der Waals surface area contributed by atoms with Crippen molar-refractivity contribution in [2.45, 2.75) is 89.6 Å². The van der Waals surface area contributed by atoms with Crippen molar-refractivity contribution in [3.8, 4) is 11.1 Å². The van der Waals surface area contributed by atoms with Gasteiger partial charge >= 0.3 is 5.97 Å². The number of nitrogens with one attached hydrogen (secondary N) is 1. The topological polar surface area (TPSA) is 78.9 Å². The smallest absolute Gasteiger partial charge is 0.335 e. The molecule has 41 heavy (non-hydrogen) atoms. The zero-order valence-corrected chi connectivity index (χ0v) is 27.6. The first kappa shape index (κ1) is 32.0. The summed E-state index contributed by atoms with van der Waals surface area (Å²) < 4.78 is 7.12. The van der Waals surface area contributed by atoms with Crippen molar-refractivity contribution in [1.82, 2.24) is 10.2 Å². The third-order valence-corrected chi connectivity index (χ3v) is 16.0. The monoisotopic (exact) mass is 618 g/mol. The van der Waals surface area contributed by atoms with E-state index >= 15 is 0 Å². The van der Waals surface area contributed by atoms with Gasteiger partial charge in [0, 0.05) is 47.4 Å². The van der Waals surface area contributed by atoms with Crippen LogP contribution in [0.25, 0.3) is 11.1 Å². The van der Waals surface area contributed by atoms with Gasteiger partial charge in [0.05, 0.1) is 11.5 Å². The number of carboxylic acid groups (broad SMARTS) is 1. The Morgan fingerprint density at radius 1 is 0.927 bits per heavy atom. The molecule has 2 saturated heterocycles. The summed E-state index contributed by atoms with van der Waals surface area (Å²) >= 11 is 13.9. The Kier molecular flexibility index (Phi) is 10.3. The molecule has 0 bridgehead atoms. The lowest BCUT2D eigenvalue weighted by Crippen LogP contribution is -2.52. The molecule has 2 N–H and O–H groups in total. The Labute approximate surface area is 255 Å². The Bertz CT molecular complexity index is 1200. The third-order valence-electron chi connectivity index (χ3n) is 9.26. The molecule has 2 aromatic rings. The summed E-state index contributed by atoms with van der Waals surface area (Å²) in [5, 5.41) is 13.3.